The van der Waals surface area contributed by atoms with Crippen molar-refractivity contribution in [2.24, 2.45) is 20.0 Å². The molecule has 0 aliphatic carbocycles. The average Bonchev–Trinajstić information content (AvgIpc) is 3.26. The molecule has 0 unspecified atom stereocenters. The van der Waals surface area contributed by atoms with Crippen molar-refractivity contribution < 1.29 is 57.9 Å². The van der Waals surface area contributed by atoms with Crippen molar-refractivity contribution in [3.8, 4) is 0 Å². The number of anilines is 2. The Morgan fingerprint density at radius 3 is 1.29 bits per heavy atom. The second-order valence-corrected chi connectivity index (χ2v) is 16.2. The Hall–Kier alpha value is -6.57. The van der Waals surface area contributed by atoms with Crippen LogP contribution in [0.3, 0.4) is 0 Å². The maximum atomic E-state index is 13.6. The monoisotopic (exact) mass is 982 g/mol. The molecule has 2 aromatic heterocycles. The molecule has 4 aromatic rings. The summed E-state index contributed by atoms with van der Waals surface area (Å²) in [6.45, 7) is 3.74. The second kappa shape index (κ2) is 20.7. The standard InChI is InChI=1S/C21H25F4N5O3.C20H20F7N5O3/c1-13(2)6-7-30-20(33)27(3)19(32)17(26-30)28-8-10-29(11-9-28)18(31)15-12-14(22)4-5-16(15)21(23,24)25;1-29-17(34)15(28-32(18(29)35)6-2-5-19(22,23)24)30-7-9-31(10-8-30)16(33)13-11-12(21)3-4-14(13)20(25,26)27/h4-5,12-13H,6-11H2,1-3H3;3-4,11H,2,5-10H2,1H3. The molecule has 0 spiro atoms. The Labute approximate surface area is 378 Å². The van der Waals surface area contributed by atoms with Gasteiger partial charge in [0.05, 0.1) is 22.3 Å². The lowest BCUT2D eigenvalue weighted by molar-refractivity contribution is -0.138. The molecule has 372 valence electrons. The summed E-state index contributed by atoms with van der Waals surface area (Å²) in [7, 11) is 2.49. The minimum Gasteiger partial charge on any atom is -0.347 e. The zero-order valence-corrected chi connectivity index (χ0v) is 36.8. The van der Waals surface area contributed by atoms with Crippen LogP contribution in [0.5, 0.6) is 0 Å². The van der Waals surface area contributed by atoms with Crippen LogP contribution < -0.4 is 32.3 Å². The van der Waals surface area contributed by atoms with E-state index in [1.54, 1.807) is 4.90 Å². The Morgan fingerprint density at radius 2 is 0.956 bits per heavy atom. The van der Waals surface area contributed by atoms with E-state index in [0.717, 1.165) is 21.2 Å². The number of hydrogen-bond donors (Lipinski definition) is 0. The first-order valence-electron chi connectivity index (χ1n) is 20.8. The number of halogens is 11. The number of aryl methyl sites for hydroxylation is 2. The topological polar surface area (TPSA) is 161 Å². The van der Waals surface area contributed by atoms with Gasteiger partial charge in [0, 0.05) is 86.0 Å². The summed E-state index contributed by atoms with van der Waals surface area (Å²) in [4.78, 5) is 80.3. The van der Waals surface area contributed by atoms with Crippen molar-refractivity contribution in [1.82, 2.24) is 38.5 Å². The molecule has 68 heavy (non-hydrogen) atoms. The number of aromatic nitrogens is 6. The third-order valence-electron chi connectivity index (χ3n) is 11.0. The van der Waals surface area contributed by atoms with Gasteiger partial charge in [0.2, 0.25) is 11.6 Å². The fourth-order valence-electron chi connectivity index (χ4n) is 7.18. The van der Waals surface area contributed by atoms with Crippen molar-refractivity contribution in [2.45, 2.75) is 64.7 Å². The molecule has 2 saturated heterocycles. The van der Waals surface area contributed by atoms with E-state index in [1.165, 1.54) is 21.5 Å². The average molecular weight is 983 g/mol. The highest BCUT2D eigenvalue weighted by molar-refractivity contribution is 5.96. The van der Waals surface area contributed by atoms with Gasteiger partial charge in [-0.1, -0.05) is 13.8 Å². The van der Waals surface area contributed by atoms with Gasteiger partial charge in [-0.3, -0.25) is 28.3 Å². The lowest BCUT2D eigenvalue weighted by atomic mass is 10.0. The fourth-order valence-corrected chi connectivity index (χ4v) is 7.18. The minimum absolute atomic E-state index is 0.00258. The molecule has 2 fully saturated rings. The number of carbonyl (C=O) groups excluding carboxylic acids is 2. The lowest BCUT2D eigenvalue weighted by Crippen LogP contribution is -2.52. The van der Waals surface area contributed by atoms with Crippen molar-refractivity contribution in [3.63, 3.8) is 0 Å². The molecule has 16 nitrogen and oxygen atoms in total. The summed E-state index contributed by atoms with van der Waals surface area (Å²) in [6.07, 6.45) is -15.0. The molecule has 4 heterocycles. The van der Waals surface area contributed by atoms with Gasteiger partial charge in [-0.15, -0.1) is 10.2 Å². The molecule has 6 rings (SSSR count). The normalized spacial score (nSPS) is 14.9. The number of benzene rings is 2. The van der Waals surface area contributed by atoms with Gasteiger partial charge in [-0.05, 0) is 55.2 Å². The van der Waals surface area contributed by atoms with Gasteiger partial charge in [0.1, 0.15) is 11.6 Å². The number of nitrogens with zero attached hydrogens (tertiary/aromatic N) is 10. The van der Waals surface area contributed by atoms with E-state index in [0.29, 0.717) is 59.8 Å². The molecule has 0 bridgehead atoms. The van der Waals surface area contributed by atoms with Crippen LogP contribution in [0.1, 0.15) is 65.0 Å². The van der Waals surface area contributed by atoms with Crippen molar-refractivity contribution in [2.75, 3.05) is 62.2 Å². The first-order valence-corrected chi connectivity index (χ1v) is 20.8. The highest BCUT2D eigenvalue weighted by atomic mass is 19.4. The summed E-state index contributed by atoms with van der Waals surface area (Å²) in [5, 5.41) is 8.10. The Bertz CT molecular complexity index is 2730. The summed E-state index contributed by atoms with van der Waals surface area (Å²) in [6, 6.07) is 3.38. The largest absolute Gasteiger partial charge is 0.417 e. The molecular weight excluding hydrogens is 937 g/mol. The summed E-state index contributed by atoms with van der Waals surface area (Å²) >= 11 is 0. The summed E-state index contributed by atoms with van der Waals surface area (Å²) in [5.74, 6) is -3.83. The molecule has 27 heteroatoms. The Balaban J connectivity index is 0.000000255. The van der Waals surface area contributed by atoms with Gasteiger partial charge < -0.3 is 19.6 Å². The number of carbonyl (C=O) groups is 2. The van der Waals surface area contributed by atoms with Gasteiger partial charge in [-0.2, -0.15) is 39.5 Å². The van der Waals surface area contributed by atoms with Crippen LogP contribution in [-0.4, -0.2) is 109 Å². The molecular formula is C41H45F11N10O6. The third kappa shape index (κ3) is 12.5. The molecule has 2 amide bonds. The van der Waals surface area contributed by atoms with Gasteiger partial charge in [0.25, 0.3) is 22.9 Å². The molecule has 0 atom stereocenters. The molecule has 2 aliphatic heterocycles. The van der Waals surface area contributed by atoms with Crippen LogP contribution in [0.15, 0.2) is 55.6 Å². The van der Waals surface area contributed by atoms with Gasteiger partial charge in [0.15, 0.2) is 0 Å². The molecule has 2 aromatic carbocycles. The van der Waals surface area contributed by atoms with Crippen LogP contribution in [0.25, 0.3) is 0 Å². The molecule has 0 N–H and O–H groups in total. The second-order valence-electron chi connectivity index (χ2n) is 16.2. The predicted molar refractivity (Wildman–Crippen MR) is 221 cm³/mol. The van der Waals surface area contributed by atoms with Crippen LogP contribution >= 0.6 is 0 Å². The summed E-state index contributed by atoms with van der Waals surface area (Å²) in [5.41, 5.74) is -6.94. The third-order valence-corrected chi connectivity index (χ3v) is 11.0. The van der Waals surface area contributed by atoms with Gasteiger partial charge >= 0.3 is 29.9 Å². The minimum atomic E-state index is -4.88. The predicted octanol–water partition coefficient (Wildman–Crippen LogP) is 4.51. The quantitative estimate of drug-likeness (QED) is 0.207. The highest BCUT2D eigenvalue weighted by Crippen LogP contribution is 2.34. The van der Waals surface area contributed by atoms with Crippen LogP contribution in [0.4, 0.5) is 59.9 Å². The number of amides is 2. The van der Waals surface area contributed by atoms with E-state index in [4.69, 9.17) is 0 Å². The van der Waals surface area contributed by atoms with Crippen LogP contribution in [0, 0.1) is 17.6 Å². The number of alkyl halides is 9. The molecule has 0 saturated carbocycles. The van der Waals surface area contributed by atoms with E-state index < -0.39 is 106 Å². The van der Waals surface area contributed by atoms with E-state index >= 15 is 0 Å². The maximum Gasteiger partial charge on any atom is 0.417 e. The lowest BCUT2D eigenvalue weighted by Gasteiger charge is -2.35. The van der Waals surface area contributed by atoms with E-state index in [1.807, 2.05) is 13.8 Å². The smallest absolute Gasteiger partial charge is 0.347 e. The fraction of sp³-hybridized carbons (Fsp3) is 0.512. The van der Waals surface area contributed by atoms with Gasteiger partial charge in [-0.25, -0.2) is 27.7 Å². The van der Waals surface area contributed by atoms with Crippen LogP contribution in [-0.2, 0) is 39.5 Å². The van der Waals surface area contributed by atoms with Crippen molar-refractivity contribution in [3.05, 3.63) is 112 Å². The zero-order valence-electron chi connectivity index (χ0n) is 36.8. The van der Waals surface area contributed by atoms with E-state index in [-0.39, 0.29) is 64.0 Å². The van der Waals surface area contributed by atoms with E-state index in [2.05, 4.69) is 10.2 Å². The summed E-state index contributed by atoms with van der Waals surface area (Å²) < 4.78 is 148. The number of rotatable bonds is 10. The molecule has 0 radical (unpaired) electrons. The zero-order chi connectivity index (χ0) is 50.6. The SMILES string of the molecule is CC(C)CCn1nc(N2CCN(C(=O)c3cc(F)ccc3C(F)(F)F)CC2)c(=O)n(C)c1=O.Cn1c(=O)c(N2CCN(C(=O)c3cc(F)ccc3C(F)(F)F)CC2)nn(CCCC(F)(F)F)c1=O. The first kappa shape index (κ1) is 52.4. The molecule has 2 aliphatic rings. The maximum absolute atomic E-state index is 13.6. The van der Waals surface area contributed by atoms with Crippen LogP contribution in [0.2, 0.25) is 0 Å². The first-order chi connectivity index (χ1) is 31.6. The highest BCUT2D eigenvalue weighted by Gasteiger charge is 2.39. The van der Waals surface area contributed by atoms with Crippen molar-refractivity contribution in [1.29, 1.82) is 0 Å². The number of piperazine rings is 2. The number of hydrogen-bond acceptors (Lipinski definition) is 10. The van der Waals surface area contributed by atoms with E-state index in [9.17, 15) is 77.1 Å². The Kier molecular flexibility index (Phi) is 16.0. The Morgan fingerprint density at radius 1 is 0.588 bits per heavy atom. The van der Waals surface area contributed by atoms with Crippen molar-refractivity contribution >= 4 is 23.5 Å².